The predicted octanol–water partition coefficient (Wildman–Crippen LogP) is 1.59. The first-order valence-electron chi connectivity index (χ1n) is 9.38. The highest BCUT2D eigenvalue weighted by Gasteiger charge is 2.44. The number of esters is 1. The topological polar surface area (TPSA) is 107 Å². The van der Waals surface area contributed by atoms with Gasteiger partial charge in [0.25, 0.3) is 5.91 Å². The SMILES string of the molecule is CC1Cc2cc(S(N)(=O)=O)ccc2N1C(=O)COC(=O)C1CC2CCC1C2. The van der Waals surface area contributed by atoms with Gasteiger partial charge in [0.15, 0.2) is 6.61 Å². The Bertz CT molecular complexity index is 897. The minimum absolute atomic E-state index is 0.0328. The number of hydrogen-bond acceptors (Lipinski definition) is 5. The molecule has 2 saturated carbocycles. The van der Waals surface area contributed by atoms with Crippen LogP contribution in [0.3, 0.4) is 0 Å². The standard InChI is InChI=1S/C19H24N2O5S/c1-11-6-14-9-15(27(20,24)25)4-5-17(14)21(11)18(22)10-26-19(23)16-8-12-2-3-13(16)7-12/h4-5,9,11-13,16H,2-3,6-8,10H2,1H3,(H2,20,24,25). The highest BCUT2D eigenvalue weighted by molar-refractivity contribution is 7.89. The fraction of sp³-hybridized carbons (Fsp3) is 0.579. The van der Waals surface area contributed by atoms with E-state index < -0.39 is 10.0 Å². The summed E-state index contributed by atoms with van der Waals surface area (Å²) in [5.74, 6) is 0.452. The van der Waals surface area contributed by atoms with Crippen molar-refractivity contribution in [2.24, 2.45) is 22.9 Å². The van der Waals surface area contributed by atoms with Gasteiger partial charge in [0.1, 0.15) is 0 Å². The van der Waals surface area contributed by atoms with Crippen LogP contribution in [0.5, 0.6) is 0 Å². The Labute approximate surface area is 158 Å². The summed E-state index contributed by atoms with van der Waals surface area (Å²) in [6.45, 7) is 1.60. The molecule has 1 aliphatic heterocycles. The van der Waals surface area contributed by atoms with Crippen molar-refractivity contribution in [2.75, 3.05) is 11.5 Å². The summed E-state index contributed by atoms with van der Waals surface area (Å²) < 4.78 is 28.4. The zero-order chi connectivity index (χ0) is 19.3. The third-order valence-corrected chi connectivity index (χ3v) is 7.15. The van der Waals surface area contributed by atoms with Crippen molar-refractivity contribution in [3.05, 3.63) is 23.8 Å². The molecule has 8 heteroatoms. The molecule has 1 heterocycles. The highest BCUT2D eigenvalue weighted by atomic mass is 32.2. The van der Waals surface area contributed by atoms with E-state index in [0.29, 0.717) is 23.9 Å². The van der Waals surface area contributed by atoms with Crippen molar-refractivity contribution in [3.8, 4) is 0 Å². The number of benzene rings is 1. The molecule has 146 valence electrons. The van der Waals surface area contributed by atoms with Gasteiger partial charge in [-0.05, 0) is 68.2 Å². The zero-order valence-corrected chi connectivity index (χ0v) is 16.1. The maximum atomic E-state index is 12.7. The van der Waals surface area contributed by atoms with Crippen molar-refractivity contribution in [2.45, 2.75) is 50.0 Å². The molecule has 2 bridgehead atoms. The van der Waals surface area contributed by atoms with Gasteiger partial charge in [-0.2, -0.15) is 0 Å². The second-order valence-corrected chi connectivity index (χ2v) is 9.60. The monoisotopic (exact) mass is 392 g/mol. The molecule has 1 aromatic carbocycles. The van der Waals surface area contributed by atoms with E-state index in [9.17, 15) is 18.0 Å². The lowest BCUT2D eigenvalue weighted by atomic mass is 9.89. The van der Waals surface area contributed by atoms with Gasteiger partial charge < -0.3 is 9.64 Å². The van der Waals surface area contributed by atoms with E-state index in [1.165, 1.54) is 18.6 Å². The van der Waals surface area contributed by atoms with Crippen LogP contribution in [0.1, 0.15) is 38.2 Å². The number of hydrogen-bond donors (Lipinski definition) is 1. The molecule has 4 unspecified atom stereocenters. The van der Waals surface area contributed by atoms with Gasteiger partial charge in [-0.15, -0.1) is 0 Å². The minimum Gasteiger partial charge on any atom is -0.455 e. The normalized spacial score (nSPS) is 29.0. The smallest absolute Gasteiger partial charge is 0.309 e. The average Bonchev–Trinajstić information content (AvgIpc) is 3.30. The molecule has 1 amide bonds. The molecule has 2 fully saturated rings. The fourth-order valence-electron chi connectivity index (χ4n) is 5.01. The van der Waals surface area contributed by atoms with E-state index in [0.717, 1.165) is 24.8 Å². The third kappa shape index (κ3) is 3.36. The molecule has 1 aromatic rings. The number of anilines is 1. The van der Waals surface area contributed by atoms with Crippen LogP contribution in [0.25, 0.3) is 0 Å². The molecule has 4 atom stereocenters. The summed E-state index contributed by atoms with van der Waals surface area (Å²) in [6.07, 6.45) is 4.82. The summed E-state index contributed by atoms with van der Waals surface area (Å²) in [4.78, 5) is 26.7. The minimum atomic E-state index is -3.79. The van der Waals surface area contributed by atoms with Crippen molar-refractivity contribution in [3.63, 3.8) is 0 Å². The molecule has 3 aliphatic rings. The maximum absolute atomic E-state index is 12.7. The first-order valence-corrected chi connectivity index (χ1v) is 10.9. The molecule has 27 heavy (non-hydrogen) atoms. The van der Waals surface area contributed by atoms with Gasteiger partial charge in [0.2, 0.25) is 10.0 Å². The number of carbonyl (C=O) groups excluding carboxylic acids is 2. The van der Waals surface area contributed by atoms with E-state index >= 15 is 0 Å². The zero-order valence-electron chi connectivity index (χ0n) is 15.3. The lowest BCUT2D eigenvalue weighted by Crippen LogP contribution is -2.39. The van der Waals surface area contributed by atoms with Crippen molar-refractivity contribution in [1.29, 1.82) is 0 Å². The first kappa shape index (κ1) is 18.4. The molecule has 7 nitrogen and oxygen atoms in total. The van der Waals surface area contributed by atoms with Crippen molar-refractivity contribution >= 4 is 27.6 Å². The number of rotatable bonds is 4. The van der Waals surface area contributed by atoms with Crippen LogP contribution in [-0.4, -0.2) is 32.9 Å². The van der Waals surface area contributed by atoms with Gasteiger partial charge in [-0.1, -0.05) is 6.42 Å². The Kier molecular flexibility index (Phi) is 4.50. The molecular formula is C19H24N2O5S. The lowest BCUT2D eigenvalue weighted by Gasteiger charge is -2.24. The van der Waals surface area contributed by atoms with Crippen molar-refractivity contribution < 1.29 is 22.7 Å². The number of amides is 1. The van der Waals surface area contributed by atoms with Gasteiger partial charge in [0.05, 0.1) is 10.8 Å². The second kappa shape index (κ2) is 6.60. The van der Waals surface area contributed by atoms with Gasteiger partial charge in [0, 0.05) is 11.7 Å². The highest BCUT2D eigenvalue weighted by Crippen LogP contribution is 2.48. The summed E-state index contributed by atoms with van der Waals surface area (Å²) in [7, 11) is -3.79. The van der Waals surface area contributed by atoms with E-state index in [2.05, 4.69) is 0 Å². The number of carbonyl (C=O) groups is 2. The van der Waals surface area contributed by atoms with Gasteiger partial charge >= 0.3 is 5.97 Å². The summed E-state index contributed by atoms with van der Waals surface area (Å²) in [5.41, 5.74) is 1.40. The van der Waals surface area contributed by atoms with E-state index in [4.69, 9.17) is 9.88 Å². The number of fused-ring (bicyclic) bond motifs is 3. The van der Waals surface area contributed by atoms with E-state index in [1.54, 1.807) is 11.0 Å². The first-order chi connectivity index (χ1) is 12.7. The number of ether oxygens (including phenoxy) is 1. The Balaban J connectivity index is 1.43. The lowest BCUT2D eigenvalue weighted by molar-refractivity contribution is -0.153. The Hall–Kier alpha value is -1.93. The van der Waals surface area contributed by atoms with Crippen LogP contribution in [-0.2, 0) is 30.8 Å². The second-order valence-electron chi connectivity index (χ2n) is 8.04. The Morgan fingerprint density at radius 3 is 2.67 bits per heavy atom. The third-order valence-electron chi connectivity index (χ3n) is 6.24. The number of sulfonamides is 1. The van der Waals surface area contributed by atoms with Crippen LogP contribution < -0.4 is 10.0 Å². The van der Waals surface area contributed by atoms with Crippen LogP contribution >= 0.6 is 0 Å². The molecule has 2 N–H and O–H groups in total. The molecule has 2 aliphatic carbocycles. The Morgan fingerprint density at radius 2 is 2.04 bits per heavy atom. The molecule has 0 radical (unpaired) electrons. The van der Waals surface area contributed by atoms with Gasteiger partial charge in [-0.25, -0.2) is 13.6 Å². The average molecular weight is 392 g/mol. The maximum Gasteiger partial charge on any atom is 0.309 e. The number of nitrogens with two attached hydrogens (primary N) is 1. The van der Waals surface area contributed by atoms with Gasteiger partial charge in [-0.3, -0.25) is 9.59 Å². The van der Waals surface area contributed by atoms with Crippen LogP contribution in [0.2, 0.25) is 0 Å². The fourth-order valence-corrected chi connectivity index (χ4v) is 5.57. The predicted molar refractivity (Wildman–Crippen MR) is 98.4 cm³/mol. The molecular weight excluding hydrogens is 368 g/mol. The molecule has 4 rings (SSSR count). The summed E-state index contributed by atoms with van der Waals surface area (Å²) in [5, 5.41) is 5.18. The quantitative estimate of drug-likeness (QED) is 0.783. The molecule has 0 aromatic heterocycles. The van der Waals surface area contributed by atoms with Crippen LogP contribution in [0, 0.1) is 17.8 Å². The van der Waals surface area contributed by atoms with Crippen LogP contribution in [0.4, 0.5) is 5.69 Å². The van der Waals surface area contributed by atoms with Crippen LogP contribution in [0.15, 0.2) is 23.1 Å². The number of nitrogens with zero attached hydrogens (tertiary/aromatic N) is 1. The molecule has 0 saturated heterocycles. The van der Waals surface area contributed by atoms with E-state index in [-0.39, 0.29) is 35.3 Å². The summed E-state index contributed by atoms with van der Waals surface area (Å²) in [6, 6.07) is 4.36. The Morgan fingerprint density at radius 1 is 1.26 bits per heavy atom. The van der Waals surface area contributed by atoms with Crippen molar-refractivity contribution in [1.82, 2.24) is 0 Å². The van der Waals surface area contributed by atoms with E-state index in [1.807, 2.05) is 6.92 Å². The number of primary sulfonamides is 1. The molecule has 0 spiro atoms. The largest absolute Gasteiger partial charge is 0.455 e. The summed E-state index contributed by atoms with van der Waals surface area (Å²) >= 11 is 0.